The lowest BCUT2D eigenvalue weighted by molar-refractivity contribution is 0.0833. The van der Waals surface area contributed by atoms with Crippen LogP contribution in [0.4, 0.5) is 10.7 Å². The molecule has 1 aromatic heterocycles. The molecule has 1 heterocycles. The fourth-order valence-electron chi connectivity index (χ4n) is 2.27. The maximum atomic E-state index is 12.1. The van der Waals surface area contributed by atoms with Gasteiger partial charge in [0.25, 0.3) is 11.8 Å². The molecule has 2 amide bonds. The number of nitrogens with two attached hydrogens (primary N) is 2. The molecule has 1 fully saturated rings. The molecule has 116 valence electrons. The van der Waals surface area contributed by atoms with Crippen LogP contribution < -0.4 is 16.8 Å². The van der Waals surface area contributed by atoms with E-state index in [0.29, 0.717) is 15.3 Å². The summed E-state index contributed by atoms with van der Waals surface area (Å²) in [5.74, 6) is -0.824. The van der Waals surface area contributed by atoms with Crippen LogP contribution in [-0.4, -0.2) is 37.4 Å². The Morgan fingerprint density at radius 3 is 2.43 bits per heavy atom. The third-order valence-corrected chi connectivity index (χ3v) is 5.27. The van der Waals surface area contributed by atoms with Crippen molar-refractivity contribution < 1.29 is 9.59 Å². The van der Waals surface area contributed by atoms with Crippen LogP contribution in [0.1, 0.15) is 46.2 Å². The van der Waals surface area contributed by atoms with Gasteiger partial charge in [0.15, 0.2) is 0 Å². The summed E-state index contributed by atoms with van der Waals surface area (Å²) in [5.41, 5.74) is 12.1. The first-order valence-corrected chi connectivity index (χ1v) is 7.80. The van der Waals surface area contributed by atoms with E-state index in [1.54, 1.807) is 14.1 Å². The molecule has 6 nitrogen and oxygen atoms in total. The molecule has 1 saturated carbocycles. The third kappa shape index (κ3) is 2.97. The summed E-state index contributed by atoms with van der Waals surface area (Å²) in [5, 5.41) is 3.87. The summed E-state index contributed by atoms with van der Waals surface area (Å²) in [7, 11) is 3.30. The second-order valence-corrected chi connectivity index (χ2v) is 6.84. The lowest BCUT2D eigenvalue weighted by atomic mass is 10.0. The van der Waals surface area contributed by atoms with Gasteiger partial charge in [-0.15, -0.1) is 11.3 Å². The average Bonchev–Trinajstić information content (AvgIpc) is 3.13. The van der Waals surface area contributed by atoms with Crippen molar-refractivity contribution in [2.45, 2.75) is 26.2 Å². The summed E-state index contributed by atoms with van der Waals surface area (Å²) < 4.78 is 0. The van der Waals surface area contributed by atoms with E-state index < -0.39 is 5.91 Å². The number of hydrogen-bond donors (Lipinski definition) is 3. The van der Waals surface area contributed by atoms with Gasteiger partial charge in [-0.1, -0.05) is 6.92 Å². The van der Waals surface area contributed by atoms with Crippen LogP contribution in [0, 0.1) is 5.41 Å². The molecule has 0 unspecified atom stereocenters. The Labute approximate surface area is 128 Å². The van der Waals surface area contributed by atoms with Crippen LogP contribution in [0.5, 0.6) is 0 Å². The monoisotopic (exact) mass is 310 g/mol. The van der Waals surface area contributed by atoms with Gasteiger partial charge in [-0.2, -0.15) is 0 Å². The number of rotatable bonds is 6. The summed E-state index contributed by atoms with van der Waals surface area (Å²) >= 11 is 1.20. The summed E-state index contributed by atoms with van der Waals surface area (Å²) in [4.78, 5) is 25.5. The van der Waals surface area contributed by atoms with Gasteiger partial charge in [0, 0.05) is 20.6 Å². The fourth-order valence-corrected chi connectivity index (χ4v) is 3.42. The predicted molar refractivity (Wildman–Crippen MR) is 85.7 cm³/mol. The van der Waals surface area contributed by atoms with Gasteiger partial charge in [0.1, 0.15) is 9.88 Å². The van der Waals surface area contributed by atoms with Crippen LogP contribution in [0.25, 0.3) is 0 Å². The van der Waals surface area contributed by atoms with Gasteiger partial charge in [-0.3, -0.25) is 9.59 Å². The molecule has 0 bridgehead atoms. The summed E-state index contributed by atoms with van der Waals surface area (Å²) in [6.07, 6.45) is 3.47. The maximum Gasteiger partial charge on any atom is 0.265 e. The molecular formula is C14H22N4O2S. The number of hydrogen-bond acceptors (Lipinski definition) is 5. The molecule has 1 aromatic rings. The highest BCUT2D eigenvalue weighted by molar-refractivity contribution is 7.19. The van der Waals surface area contributed by atoms with Crippen LogP contribution in [0.3, 0.4) is 0 Å². The quantitative estimate of drug-likeness (QED) is 0.744. The van der Waals surface area contributed by atoms with E-state index >= 15 is 0 Å². The minimum Gasteiger partial charge on any atom is -0.397 e. The molecule has 7 heteroatoms. The molecule has 0 atom stereocenters. The zero-order chi connectivity index (χ0) is 15.8. The number of amides is 2. The smallest absolute Gasteiger partial charge is 0.265 e. The Kier molecular flexibility index (Phi) is 4.13. The van der Waals surface area contributed by atoms with Gasteiger partial charge < -0.3 is 21.7 Å². The number of nitrogen functional groups attached to an aromatic ring is 1. The number of carbonyl (C=O) groups is 2. The number of anilines is 2. The number of primary amides is 1. The molecule has 0 spiro atoms. The largest absolute Gasteiger partial charge is 0.397 e. The van der Waals surface area contributed by atoms with Crippen LogP contribution in [0.15, 0.2) is 0 Å². The zero-order valence-electron chi connectivity index (χ0n) is 12.7. The van der Waals surface area contributed by atoms with E-state index in [4.69, 9.17) is 11.5 Å². The van der Waals surface area contributed by atoms with Crippen LogP contribution in [0.2, 0.25) is 0 Å². The van der Waals surface area contributed by atoms with Gasteiger partial charge in [-0.05, 0) is 24.7 Å². The first-order valence-electron chi connectivity index (χ1n) is 6.99. The Morgan fingerprint density at radius 1 is 1.38 bits per heavy atom. The molecule has 5 N–H and O–H groups in total. The molecule has 0 radical (unpaired) electrons. The van der Waals surface area contributed by atoms with E-state index in [0.717, 1.165) is 13.0 Å². The lowest BCUT2D eigenvalue weighted by Crippen LogP contribution is -2.22. The van der Waals surface area contributed by atoms with Crippen molar-refractivity contribution >= 4 is 33.8 Å². The second-order valence-electron chi connectivity index (χ2n) is 5.82. The topological polar surface area (TPSA) is 101 Å². The first kappa shape index (κ1) is 15.6. The SMILES string of the molecule is CCC1(CNc2sc(C(=O)N(C)C)c(N)c2C(N)=O)CC1. The van der Waals surface area contributed by atoms with Crippen molar-refractivity contribution in [2.24, 2.45) is 11.1 Å². The Hall–Kier alpha value is -1.76. The fraction of sp³-hybridized carbons (Fsp3) is 0.571. The van der Waals surface area contributed by atoms with Gasteiger partial charge in [-0.25, -0.2) is 0 Å². The number of nitrogens with zero attached hydrogens (tertiary/aromatic N) is 1. The highest BCUT2D eigenvalue weighted by Crippen LogP contribution is 2.49. The molecule has 0 saturated heterocycles. The molecular weight excluding hydrogens is 288 g/mol. The van der Waals surface area contributed by atoms with E-state index in [1.807, 2.05) is 0 Å². The third-order valence-electron chi connectivity index (χ3n) is 4.12. The van der Waals surface area contributed by atoms with E-state index in [-0.39, 0.29) is 17.2 Å². The zero-order valence-corrected chi connectivity index (χ0v) is 13.5. The molecule has 21 heavy (non-hydrogen) atoms. The Balaban J connectivity index is 2.29. The van der Waals surface area contributed by atoms with Crippen LogP contribution >= 0.6 is 11.3 Å². The predicted octanol–water partition coefficient (Wildman–Crippen LogP) is 1.73. The maximum absolute atomic E-state index is 12.1. The standard InChI is InChI=1S/C14H22N4O2S/c1-4-14(5-6-14)7-17-12-8(11(16)19)9(15)10(21-12)13(20)18(2)3/h17H,4-7,15H2,1-3H3,(H2,16,19). The van der Waals surface area contributed by atoms with Crippen molar-refractivity contribution in [2.75, 3.05) is 31.7 Å². The number of carbonyl (C=O) groups excluding carboxylic acids is 2. The molecule has 2 rings (SSSR count). The van der Waals surface area contributed by atoms with E-state index in [2.05, 4.69) is 12.2 Å². The minimum absolute atomic E-state index is 0.176. The Bertz CT molecular complexity index is 576. The van der Waals surface area contributed by atoms with E-state index in [1.165, 1.54) is 29.1 Å². The molecule has 0 aromatic carbocycles. The highest BCUT2D eigenvalue weighted by atomic mass is 32.1. The van der Waals surface area contributed by atoms with Crippen LogP contribution in [-0.2, 0) is 0 Å². The molecule has 1 aliphatic rings. The lowest BCUT2D eigenvalue weighted by Gasteiger charge is -2.14. The molecule has 0 aliphatic heterocycles. The Morgan fingerprint density at radius 2 is 2.00 bits per heavy atom. The normalized spacial score (nSPS) is 15.6. The first-order chi connectivity index (χ1) is 9.81. The van der Waals surface area contributed by atoms with Gasteiger partial charge >= 0.3 is 0 Å². The van der Waals surface area contributed by atoms with Crippen molar-refractivity contribution in [3.63, 3.8) is 0 Å². The minimum atomic E-state index is -0.606. The summed E-state index contributed by atoms with van der Waals surface area (Å²) in [6, 6.07) is 0. The van der Waals surface area contributed by atoms with Gasteiger partial charge in [0.2, 0.25) is 0 Å². The summed E-state index contributed by atoms with van der Waals surface area (Å²) in [6.45, 7) is 2.94. The van der Waals surface area contributed by atoms with Crippen molar-refractivity contribution in [1.82, 2.24) is 4.90 Å². The number of nitrogens with one attached hydrogen (secondary N) is 1. The number of thiophene rings is 1. The van der Waals surface area contributed by atoms with Crippen molar-refractivity contribution in [3.8, 4) is 0 Å². The highest BCUT2D eigenvalue weighted by Gasteiger charge is 2.40. The van der Waals surface area contributed by atoms with Crippen molar-refractivity contribution in [3.05, 3.63) is 10.4 Å². The van der Waals surface area contributed by atoms with Gasteiger partial charge in [0.05, 0.1) is 11.3 Å². The average molecular weight is 310 g/mol. The second kappa shape index (κ2) is 5.55. The van der Waals surface area contributed by atoms with E-state index in [9.17, 15) is 9.59 Å². The molecule has 1 aliphatic carbocycles. The van der Waals surface area contributed by atoms with Crippen molar-refractivity contribution in [1.29, 1.82) is 0 Å².